The molecule has 0 aliphatic carbocycles. The van der Waals surface area contributed by atoms with Gasteiger partial charge in [-0.05, 0) is 56.2 Å². The van der Waals surface area contributed by atoms with Crippen molar-refractivity contribution in [1.29, 1.82) is 0 Å². The summed E-state index contributed by atoms with van der Waals surface area (Å²) in [5, 5.41) is 9.23. The Hall–Kier alpha value is -3.56. The Bertz CT molecular complexity index is 1430. The molecule has 9 heteroatoms. The molecule has 0 bridgehead atoms. The molecule has 43 heavy (non-hydrogen) atoms. The molecule has 5 atom stereocenters. The Labute approximate surface area is 257 Å². The molecule has 0 aromatic heterocycles. The summed E-state index contributed by atoms with van der Waals surface area (Å²) >= 11 is 1.60. The number of carbonyl (C=O) groups is 3. The number of nitrogens with zero attached hydrogens (tertiary/aromatic N) is 3. The second-order valence-corrected chi connectivity index (χ2v) is 13.7. The minimum absolute atomic E-state index is 0.0814. The van der Waals surface area contributed by atoms with Crippen molar-refractivity contribution >= 4 is 40.9 Å². The van der Waals surface area contributed by atoms with Crippen LogP contribution in [-0.4, -0.2) is 76.6 Å². The molecule has 2 aromatic carbocycles. The molecule has 2 saturated heterocycles. The van der Waals surface area contributed by atoms with E-state index in [9.17, 15) is 19.5 Å². The number of unbranched alkanes of at least 4 members (excludes halogenated alkanes) is 3. The van der Waals surface area contributed by atoms with E-state index >= 15 is 0 Å². The summed E-state index contributed by atoms with van der Waals surface area (Å²) in [7, 11) is 1.61. The van der Waals surface area contributed by atoms with Gasteiger partial charge in [-0.3, -0.25) is 14.4 Å². The van der Waals surface area contributed by atoms with Gasteiger partial charge in [-0.2, -0.15) is 0 Å². The number of benzene rings is 2. The number of fused-ring (bicyclic) bond motifs is 2. The predicted octanol–water partition coefficient (Wildman–Crippen LogP) is 4.44. The van der Waals surface area contributed by atoms with Crippen LogP contribution >= 0.6 is 11.8 Å². The Morgan fingerprint density at radius 3 is 2.16 bits per heavy atom. The minimum atomic E-state index is -0.889. The number of likely N-dealkylation sites (tertiary alicyclic amines) is 1. The number of ether oxygens (including phenoxy) is 1. The summed E-state index contributed by atoms with van der Waals surface area (Å²) in [6.07, 6.45) is 11.3. The molecule has 4 aliphatic rings. The fourth-order valence-corrected chi connectivity index (χ4v) is 9.50. The number of aliphatic hydroxyl groups is 1. The highest BCUT2D eigenvalue weighted by molar-refractivity contribution is 8.02. The number of carbonyl (C=O) groups excluding carboxylic acids is 3. The van der Waals surface area contributed by atoms with Gasteiger partial charge in [0.2, 0.25) is 11.8 Å². The van der Waals surface area contributed by atoms with E-state index < -0.39 is 27.4 Å². The summed E-state index contributed by atoms with van der Waals surface area (Å²) in [5.74, 6) is -0.948. The lowest BCUT2D eigenvalue weighted by molar-refractivity contribution is -0.139. The Morgan fingerprint density at radius 1 is 0.814 bits per heavy atom. The van der Waals surface area contributed by atoms with Crippen LogP contribution in [0.2, 0.25) is 0 Å². The van der Waals surface area contributed by atoms with E-state index in [4.69, 9.17) is 4.74 Å². The molecule has 2 fully saturated rings. The third kappa shape index (κ3) is 4.96. The summed E-state index contributed by atoms with van der Waals surface area (Å²) in [5.41, 5.74) is 1.54. The predicted molar refractivity (Wildman–Crippen MR) is 169 cm³/mol. The van der Waals surface area contributed by atoms with E-state index in [1.165, 1.54) is 0 Å². The topological polar surface area (TPSA) is 90.4 Å². The van der Waals surface area contributed by atoms with E-state index in [2.05, 4.69) is 12.2 Å². The van der Waals surface area contributed by atoms with Crippen LogP contribution < -0.4 is 14.5 Å². The van der Waals surface area contributed by atoms with Crippen molar-refractivity contribution in [2.45, 2.75) is 48.1 Å². The maximum absolute atomic E-state index is 14.7. The Morgan fingerprint density at radius 2 is 1.47 bits per heavy atom. The number of rotatable bonds is 9. The zero-order valence-electron chi connectivity index (χ0n) is 24.7. The van der Waals surface area contributed by atoms with Crippen LogP contribution in [0.15, 0.2) is 78.9 Å². The molecule has 3 amide bonds. The third-order valence-electron chi connectivity index (χ3n) is 9.32. The molecule has 4 heterocycles. The van der Waals surface area contributed by atoms with Gasteiger partial charge in [0.1, 0.15) is 11.8 Å². The van der Waals surface area contributed by atoms with Crippen molar-refractivity contribution in [2.75, 3.05) is 43.2 Å². The van der Waals surface area contributed by atoms with Crippen LogP contribution in [0.5, 0.6) is 5.75 Å². The number of hydrogen-bond donors (Lipinski definition) is 1. The number of para-hydroxylation sites is 1. The molecular formula is C34H39N3O5S. The molecular weight excluding hydrogens is 562 g/mol. The van der Waals surface area contributed by atoms with Crippen molar-refractivity contribution in [2.24, 2.45) is 11.8 Å². The second kappa shape index (κ2) is 11.8. The highest BCUT2D eigenvalue weighted by atomic mass is 32.2. The van der Waals surface area contributed by atoms with Crippen LogP contribution in [0.25, 0.3) is 0 Å². The maximum atomic E-state index is 14.7. The SMILES string of the molecule is COc1ccc(N2CC=C[C@]34S[C@]5(C)C=CCN(c6ccccc6)C(=O)[C@@H]5[C@H]3C(=O)N(CCCCCCO)C4C2=O)cc1. The number of methoxy groups -OCH3 is 1. The van der Waals surface area contributed by atoms with Crippen molar-refractivity contribution in [1.82, 2.24) is 4.90 Å². The van der Waals surface area contributed by atoms with Gasteiger partial charge < -0.3 is 24.5 Å². The molecule has 4 aliphatic heterocycles. The van der Waals surface area contributed by atoms with Gasteiger partial charge in [0.15, 0.2) is 0 Å². The first kappa shape index (κ1) is 29.5. The number of amides is 3. The number of thioether (sulfide) groups is 1. The van der Waals surface area contributed by atoms with E-state index in [0.29, 0.717) is 31.8 Å². The van der Waals surface area contributed by atoms with Crippen molar-refractivity contribution in [3.8, 4) is 5.75 Å². The number of aliphatic hydroxyl groups excluding tert-OH is 1. The minimum Gasteiger partial charge on any atom is -0.497 e. The first-order valence-electron chi connectivity index (χ1n) is 15.1. The molecule has 0 radical (unpaired) electrons. The standard InChI is InChI=1S/C34H39N3O5S/c1-33-18-10-21-35(24-12-6-5-7-13-24)30(39)27(33)28-31(40)37(20-8-3-4-9-23-38)29-32(41)36(22-11-19-34(28,29)43-33)25-14-16-26(42-2)17-15-25/h5-7,10-19,27-29,38H,3-4,8-9,20-23H2,1-2H3/t27-,28-,29?,33+,34-/m0/s1. The van der Waals surface area contributed by atoms with Gasteiger partial charge in [-0.25, -0.2) is 0 Å². The molecule has 0 saturated carbocycles. The fraction of sp³-hybridized carbons (Fsp3) is 0.441. The zero-order valence-corrected chi connectivity index (χ0v) is 25.5. The molecule has 2 aromatic rings. The van der Waals surface area contributed by atoms with Gasteiger partial charge in [0, 0.05) is 42.4 Å². The Balaban J connectivity index is 1.41. The average molecular weight is 602 g/mol. The second-order valence-electron chi connectivity index (χ2n) is 11.9. The zero-order chi connectivity index (χ0) is 30.2. The molecule has 6 rings (SSSR count). The van der Waals surface area contributed by atoms with Crippen molar-refractivity contribution in [3.05, 3.63) is 78.9 Å². The molecule has 1 spiro atoms. The normalized spacial score (nSPS) is 29.8. The molecule has 1 unspecified atom stereocenters. The summed E-state index contributed by atoms with van der Waals surface area (Å²) in [6, 6.07) is 16.3. The summed E-state index contributed by atoms with van der Waals surface area (Å²) in [6.45, 7) is 3.42. The highest BCUT2D eigenvalue weighted by Gasteiger charge is 2.73. The third-order valence-corrected chi connectivity index (χ3v) is 11.1. The van der Waals surface area contributed by atoms with E-state index in [1.54, 1.807) is 33.6 Å². The van der Waals surface area contributed by atoms with E-state index in [1.807, 2.05) is 73.7 Å². The van der Waals surface area contributed by atoms with E-state index in [-0.39, 0.29) is 24.3 Å². The lowest BCUT2D eigenvalue weighted by Crippen LogP contribution is -2.53. The van der Waals surface area contributed by atoms with E-state index in [0.717, 1.165) is 30.6 Å². The van der Waals surface area contributed by atoms with Gasteiger partial charge in [0.25, 0.3) is 5.91 Å². The lowest BCUT2D eigenvalue weighted by atomic mass is 9.74. The van der Waals surface area contributed by atoms with Crippen LogP contribution in [-0.2, 0) is 14.4 Å². The number of hydrogen-bond acceptors (Lipinski definition) is 6. The summed E-state index contributed by atoms with van der Waals surface area (Å²) in [4.78, 5) is 49.0. The van der Waals surface area contributed by atoms with Crippen LogP contribution in [0, 0.1) is 11.8 Å². The first-order valence-corrected chi connectivity index (χ1v) is 15.9. The van der Waals surface area contributed by atoms with Crippen molar-refractivity contribution < 1.29 is 24.2 Å². The highest BCUT2D eigenvalue weighted by Crippen LogP contribution is 2.65. The van der Waals surface area contributed by atoms with Gasteiger partial charge in [-0.15, -0.1) is 11.8 Å². The summed E-state index contributed by atoms with van der Waals surface area (Å²) < 4.78 is 3.78. The maximum Gasteiger partial charge on any atom is 0.251 e. The molecule has 1 N–H and O–H groups in total. The van der Waals surface area contributed by atoms with Gasteiger partial charge in [0.05, 0.1) is 23.7 Å². The fourth-order valence-electron chi connectivity index (χ4n) is 7.34. The molecule has 8 nitrogen and oxygen atoms in total. The smallest absolute Gasteiger partial charge is 0.251 e. The Kier molecular flexibility index (Phi) is 8.13. The van der Waals surface area contributed by atoms with Gasteiger partial charge >= 0.3 is 0 Å². The molecule has 226 valence electrons. The van der Waals surface area contributed by atoms with Crippen LogP contribution in [0.3, 0.4) is 0 Å². The van der Waals surface area contributed by atoms with Crippen LogP contribution in [0.1, 0.15) is 32.6 Å². The monoisotopic (exact) mass is 601 g/mol. The van der Waals surface area contributed by atoms with Crippen molar-refractivity contribution in [3.63, 3.8) is 0 Å². The first-order chi connectivity index (χ1) is 20.8. The number of anilines is 2. The lowest BCUT2D eigenvalue weighted by Gasteiger charge is -2.37. The average Bonchev–Trinajstić information content (AvgIpc) is 3.28. The quantitative estimate of drug-likeness (QED) is 0.338. The largest absolute Gasteiger partial charge is 0.497 e. The van der Waals surface area contributed by atoms with Gasteiger partial charge in [-0.1, -0.05) is 55.3 Å². The van der Waals surface area contributed by atoms with Crippen LogP contribution in [0.4, 0.5) is 11.4 Å².